The number of fused-ring (bicyclic) bond motifs is 6. The molecule has 2 unspecified atom stereocenters. The third kappa shape index (κ3) is 8.54. The second-order valence-corrected chi connectivity index (χ2v) is 18.2. The highest BCUT2D eigenvalue weighted by atomic mass is 35.5. The maximum Gasteiger partial charge on any atom is 0.573 e. The number of benzene rings is 4. The molecule has 3 saturated heterocycles. The molecule has 0 radical (unpaired) electrons. The Morgan fingerprint density at radius 1 is 0.729 bits per heavy atom. The molecule has 5 aliphatic rings. The summed E-state index contributed by atoms with van der Waals surface area (Å²) in [4.78, 5) is 46.8. The summed E-state index contributed by atoms with van der Waals surface area (Å²) in [5, 5.41) is 6.70. The lowest BCUT2D eigenvalue weighted by Crippen LogP contribution is -2.62. The Balaban J connectivity index is 0.913. The molecule has 3 aliphatic heterocycles. The predicted octanol–water partition coefficient (Wildman–Crippen LogP) is 9.99. The zero-order chi connectivity index (χ0) is 49.2. The van der Waals surface area contributed by atoms with Crippen LogP contribution in [0.5, 0.6) is 28.7 Å². The number of amides is 2. The van der Waals surface area contributed by atoms with E-state index in [9.17, 15) is 22.8 Å². The largest absolute Gasteiger partial charge is 0.573 e. The van der Waals surface area contributed by atoms with Crippen molar-refractivity contribution in [2.45, 2.75) is 37.5 Å². The second kappa shape index (κ2) is 18.3. The summed E-state index contributed by atoms with van der Waals surface area (Å²) < 4.78 is 84.1. The minimum atomic E-state index is -4.93. The first-order valence-electron chi connectivity index (χ1n) is 22.1. The number of halogens is 6. The fourth-order valence-electron chi connectivity index (χ4n) is 10.2. The molecule has 0 spiro atoms. The molecule has 2 N–H and O–H groups in total. The van der Waals surface area contributed by atoms with Crippen LogP contribution in [0.2, 0.25) is 10.0 Å². The van der Waals surface area contributed by atoms with E-state index in [1.54, 1.807) is 46.2 Å². The molecule has 70 heavy (non-hydrogen) atoms. The highest BCUT2D eigenvalue weighted by molar-refractivity contribution is 6.32. The van der Waals surface area contributed by atoms with Crippen molar-refractivity contribution in [1.29, 1.82) is 0 Å². The molecule has 4 aromatic carbocycles. The SMILES string of the molecule is C=CC(=O)N1C[C@H]2C[C@@H](C1)C2Oc1cc2c(Nc3ccc(C4[C@H]5C[C@@H](CN4C(=O)C=C)[C@H]5Oc4cc5c(Nc6ccc(OC(F)(F)F)c(Cl)c6)ncnc5cc4OC)c(Cl)c3F)ncnc2cc1OC. The van der Waals surface area contributed by atoms with Crippen LogP contribution in [0, 0.1) is 29.5 Å². The summed E-state index contributed by atoms with van der Waals surface area (Å²) in [7, 11) is 3.01. The van der Waals surface area contributed by atoms with E-state index in [1.165, 1.54) is 51.2 Å². The molecular weight excluding hydrogens is 959 g/mol. The number of alkyl halides is 3. The molecule has 2 amide bonds. The van der Waals surface area contributed by atoms with Crippen molar-refractivity contribution in [3.63, 3.8) is 0 Å². The van der Waals surface area contributed by atoms with Crippen LogP contribution in [0.4, 0.5) is 40.6 Å². The lowest BCUT2D eigenvalue weighted by Gasteiger charge is -2.57. The van der Waals surface area contributed by atoms with Gasteiger partial charge in [0.15, 0.2) is 28.8 Å². The van der Waals surface area contributed by atoms with Gasteiger partial charge in [0.2, 0.25) is 11.8 Å². The highest BCUT2D eigenvalue weighted by Crippen LogP contribution is 2.55. The van der Waals surface area contributed by atoms with Crippen molar-refractivity contribution in [2.75, 3.05) is 44.5 Å². The molecular formula is C49H42Cl2F4N8O7. The van der Waals surface area contributed by atoms with Crippen LogP contribution in [0.3, 0.4) is 0 Å². The number of anilines is 4. The summed E-state index contributed by atoms with van der Waals surface area (Å²) in [5.41, 5.74) is 1.67. The van der Waals surface area contributed by atoms with Crippen LogP contribution >= 0.6 is 23.2 Å². The second-order valence-electron chi connectivity index (χ2n) is 17.4. The lowest BCUT2D eigenvalue weighted by atomic mass is 9.62. The quantitative estimate of drug-likeness (QED) is 0.0784. The molecule has 7 atom stereocenters. The summed E-state index contributed by atoms with van der Waals surface area (Å²) in [6.07, 6.45) is 1.20. The number of nitrogens with zero attached hydrogens (tertiary/aromatic N) is 6. The maximum atomic E-state index is 16.7. The molecule has 11 rings (SSSR count). The summed E-state index contributed by atoms with van der Waals surface area (Å²) in [6.45, 7) is 8.71. The smallest absolute Gasteiger partial charge is 0.493 e. The number of aromatic nitrogens is 4. The van der Waals surface area contributed by atoms with Gasteiger partial charge in [0.05, 0.1) is 47.0 Å². The van der Waals surface area contributed by atoms with E-state index >= 15 is 4.39 Å². The van der Waals surface area contributed by atoms with E-state index in [0.717, 1.165) is 12.5 Å². The van der Waals surface area contributed by atoms with Crippen molar-refractivity contribution in [3.05, 3.63) is 114 Å². The zero-order valence-corrected chi connectivity index (χ0v) is 38.8. The van der Waals surface area contributed by atoms with E-state index in [-0.39, 0.29) is 69.7 Å². The number of likely N-dealkylation sites (tertiary alicyclic amines) is 1. The molecule has 15 nitrogen and oxygen atoms in total. The summed E-state index contributed by atoms with van der Waals surface area (Å²) in [6, 6.07) is 13.0. The first-order valence-corrected chi connectivity index (χ1v) is 22.8. The van der Waals surface area contributed by atoms with Crippen molar-refractivity contribution >= 4 is 79.8 Å². The average Bonchev–Trinajstić information content (AvgIpc) is 3.35. The molecule has 5 heterocycles. The van der Waals surface area contributed by atoms with Crippen LogP contribution < -0.4 is 34.3 Å². The number of rotatable bonds is 14. The third-order valence-corrected chi connectivity index (χ3v) is 14.2. The Kier molecular flexibility index (Phi) is 12.2. The molecule has 5 fully saturated rings. The highest BCUT2D eigenvalue weighted by Gasteiger charge is 2.56. The monoisotopic (exact) mass is 1000 g/mol. The topological polar surface area (TPSA) is 162 Å². The molecule has 2 saturated carbocycles. The van der Waals surface area contributed by atoms with Gasteiger partial charge in [-0.3, -0.25) is 9.59 Å². The van der Waals surface area contributed by atoms with Crippen LogP contribution in [0.25, 0.3) is 21.8 Å². The van der Waals surface area contributed by atoms with Gasteiger partial charge in [-0.15, -0.1) is 13.2 Å². The van der Waals surface area contributed by atoms with Crippen LogP contribution in [-0.4, -0.2) is 94.0 Å². The Bertz CT molecular complexity index is 3100. The summed E-state index contributed by atoms with van der Waals surface area (Å²) in [5.74, 6) is 0.133. The van der Waals surface area contributed by atoms with Crippen LogP contribution in [-0.2, 0) is 9.59 Å². The maximum absolute atomic E-state index is 16.7. The number of hydrogen-bond acceptors (Lipinski definition) is 13. The van der Waals surface area contributed by atoms with E-state index in [0.29, 0.717) is 81.4 Å². The van der Waals surface area contributed by atoms with Crippen molar-refractivity contribution in [2.24, 2.45) is 23.7 Å². The first-order chi connectivity index (χ1) is 33.6. The zero-order valence-electron chi connectivity index (χ0n) is 37.3. The number of nitrogens with one attached hydrogen (secondary N) is 2. The predicted molar refractivity (Wildman–Crippen MR) is 252 cm³/mol. The minimum absolute atomic E-state index is 0.0182. The van der Waals surface area contributed by atoms with Gasteiger partial charge >= 0.3 is 6.36 Å². The third-order valence-electron chi connectivity index (χ3n) is 13.5. The molecule has 21 heteroatoms. The number of ether oxygens (including phenoxy) is 5. The number of carbonyl (C=O) groups excluding carboxylic acids is 2. The van der Waals surface area contributed by atoms with Crippen molar-refractivity contribution < 1.29 is 50.8 Å². The number of hydrogen-bond donors (Lipinski definition) is 2. The Hall–Kier alpha value is -7.12. The Morgan fingerprint density at radius 3 is 1.91 bits per heavy atom. The van der Waals surface area contributed by atoms with Gasteiger partial charge in [0.1, 0.15) is 42.2 Å². The number of piperidine rings is 4. The van der Waals surface area contributed by atoms with Crippen molar-refractivity contribution in [1.82, 2.24) is 29.7 Å². The van der Waals surface area contributed by atoms with Gasteiger partial charge in [0.25, 0.3) is 0 Å². The molecule has 2 aliphatic carbocycles. The minimum Gasteiger partial charge on any atom is -0.493 e. The van der Waals surface area contributed by atoms with Crippen molar-refractivity contribution in [3.8, 4) is 28.7 Å². The fourth-order valence-corrected chi connectivity index (χ4v) is 10.7. The van der Waals surface area contributed by atoms with E-state index in [2.05, 4.69) is 48.5 Å². The van der Waals surface area contributed by atoms with Crippen LogP contribution in [0.15, 0.2) is 92.6 Å². The number of methoxy groups -OCH3 is 2. The normalized spacial score (nSPS) is 22.3. The molecule has 2 aromatic heterocycles. The first kappa shape index (κ1) is 46.6. The average molecular weight is 1000 g/mol. The fraction of sp³-hybridized carbons (Fsp3) is 0.306. The van der Waals surface area contributed by atoms with Gasteiger partial charge in [0, 0.05) is 71.9 Å². The van der Waals surface area contributed by atoms with E-state index in [1.807, 2.05) is 0 Å². The van der Waals surface area contributed by atoms with Crippen LogP contribution in [0.1, 0.15) is 24.4 Å². The van der Waals surface area contributed by atoms with Gasteiger partial charge in [-0.25, -0.2) is 24.3 Å². The Labute approximate surface area is 407 Å². The molecule has 4 bridgehead atoms. The lowest BCUT2D eigenvalue weighted by molar-refractivity contribution is -0.274. The summed E-state index contributed by atoms with van der Waals surface area (Å²) >= 11 is 13.1. The number of carbonyl (C=O) groups is 2. The van der Waals surface area contributed by atoms with Gasteiger partial charge in [-0.1, -0.05) is 42.4 Å². The standard InChI is InChI=1S/C49H42Cl2F4N8O7/c1-5-40(64)62-18-23-11-24(19-62)45(23)68-38-15-29-34(17-36(38)66-3)57-22-59-48(29)61-32-9-8-27(42(51)43(32)52)44-30-12-25(20-63(44)41(65)6-2)46(30)69-39-14-28-33(16-37(39)67-4)56-21-58-47(28)60-26-7-10-35(31(50)13-26)70-49(53,54)55/h5-10,13-17,21-25,30,44-46H,1-2,11-12,18-20H2,3-4H3,(H,56,58,60)(H,57,59,61)/t23-,24+,25-,30+,44?,45?,46+/m0/s1. The Morgan fingerprint density at radius 2 is 1.33 bits per heavy atom. The molecule has 362 valence electrons. The van der Waals surface area contributed by atoms with E-state index in [4.69, 9.17) is 42.1 Å². The molecule has 6 aromatic rings. The van der Waals surface area contributed by atoms with Gasteiger partial charge in [-0.2, -0.15) is 0 Å². The van der Waals surface area contributed by atoms with E-state index < -0.39 is 30.1 Å². The van der Waals surface area contributed by atoms with Gasteiger partial charge < -0.3 is 44.1 Å². The van der Waals surface area contributed by atoms with Gasteiger partial charge in [-0.05, 0) is 67.0 Å².